The van der Waals surface area contributed by atoms with Crippen LogP contribution in [-0.2, 0) is 14.8 Å². The first kappa shape index (κ1) is 15.3. The number of nitrogens with one attached hydrogen (secondary N) is 1. The molecule has 5 nitrogen and oxygen atoms in total. The molecule has 1 aromatic rings. The Morgan fingerprint density at radius 2 is 2.30 bits per heavy atom. The molecule has 0 aromatic heterocycles. The van der Waals surface area contributed by atoms with Crippen molar-refractivity contribution in [2.45, 2.75) is 17.7 Å². The van der Waals surface area contributed by atoms with Gasteiger partial charge in [-0.1, -0.05) is 11.6 Å². The molecule has 1 saturated heterocycles. The van der Waals surface area contributed by atoms with Crippen molar-refractivity contribution < 1.29 is 13.2 Å². The monoisotopic (exact) mass is 314 g/mol. The first-order chi connectivity index (χ1) is 9.53. The Labute approximate surface area is 123 Å². The Balaban J connectivity index is 2.00. The summed E-state index contributed by atoms with van der Waals surface area (Å²) in [5.41, 5.74) is 0.331. The van der Waals surface area contributed by atoms with Crippen molar-refractivity contribution in [1.82, 2.24) is 4.72 Å². The Hall–Kier alpha value is -1.13. The van der Waals surface area contributed by atoms with E-state index in [9.17, 15) is 8.42 Å². The van der Waals surface area contributed by atoms with Gasteiger partial charge in [-0.05, 0) is 37.0 Å². The highest BCUT2D eigenvalue weighted by Gasteiger charge is 2.20. The molecule has 2 rings (SSSR count). The van der Waals surface area contributed by atoms with E-state index in [1.807, 2.05) is 6.07 Å². The summed E-state index contributed by atoms with van der Waals surface area (Å²) in [6.45, 7) is 1.80. The number of rotatable bonds is 5. The van der Waals surface area contributed by atoms with Gasteiger partial charge in [0, 0.05) is 19.8 Å². The summed E-state index contributed by atoms with van der Waals surface area (Å²) in [6, 6.07) is 6.05. The lowest BCUT2D eigenvalue weighted by Crippen LogP contribution is -2.26. The van der Waals surface area contributed by atoms with Gasteiger partial charge >= 0.3 is 0 Å². The number of nitrogens with zero attached hydrogens (tertiary/aromatic N) is 1. The van der Waals surface area contributed by atoms with Gasteiger partial charge in [-0.3, -0.25) is 0 Å². The van der Waals surface area contributed by atoms with Crippen molar-refractivity contribution in [3.05, 3.63) is 28.8 Å². The van der Waals surface area contributed by atoms with Crippen LogP contribution in [0.3, 0.4) is 0 Å². The molecule has 1 atom stereocenters. The first-order valence-corrected chi connectivity index (χ1v) is 8.16. The van der Waals surface area contributed by atoms with Crippen LogP contribution in [-0.4, -0.2) is 28.2 Å². The Morgan fingerprint density at radius 3 is 2.90 bits per heavy atom. The highest BCUT2D eigenvalue weighted by atomic mass is 35.5. The maximum Gasteiger partial charge on any atom is 0.242 e. The second-order valence-electron chi connectivity index (χ2n) is 4.67. The molecule has 0 aliphatic carbocycles. The summed E-state index contributed by atoms with van der Waals surface area (Å²) >= 11 is 5.91. The fourth-order valence-electron chi connectivity index (χ4n) is 2.07. The maximum atomic E-state index is 12.1. The molecule has 1 heterocycles. The minimum Gasteiger partial charge on any atom is -0.381 e. The summed E-state index contributed by atoms with van der Waals surface area (Å²) < 4.78 is 32.0. The third kappa shape index (κ3) is 3.70. The lowest BCUT2D eigenvalue weighted by molar-refractivity contribution is 0.184. The topological polar surface area (TPSA) is 79.2 Å². The molecule has 1 aromatic carbocycles. The zero-order valence-electron chi connectivity index (χ0n) is 10.8. The van der Waals surface area contributed by atoms with Crippen molar-refractivity contribution in [2.75, 3.05) is 19.8 Å². The zero-order valence-corrected chi connectivity index (χ0v) is 12.4. The Kier molecular flexibility index (Phi) is 5.00. The van der Waals surface area contributed by atoms with Gasteiger partial charge in [-0.25, -0.2) is 13.1 Å². The van der Waals surface area contributed by atoms with Crippen LogP contribution in [0, 0.1) is 17.2 Å². The van der Waals surface area contributed by atoms with Gasteiger partial charge in [0.2, 0.25) is 10.0 Å². The van der Waals surface area contributed by atoms with Crippen LogP contribution in [0.15, 0.2) is 23.1 Å². The quantitative estimate of drug-likeness (QED) is 0.900. The van der Waals surface area contributed by atoms with Crippen molar-refractivity contribution in [1.29, 1.82) is 5.26 Å². The fourth-order valence-corrected chi connectivity index (χ4v) is 3.66. The van der Waals surface area contributed by atoms with Gasteiger partial charge in [0.1, 0.15) is 4.90 Å². The van der Waals surface area contributed by atoms with Crippen LogP contribution >= 0.6 is 11.6 Å². The number of halogens is 1. The molecule has 7 heteroatoms. The lowest BCUT2D eigenvalue weighted by Gasteiger charge is -2.10. The Bertz CT molecular complexity index is 619. The third-order valence-electron chi connectivity index (χ3n) is 3.22. The van der Waals surface area contributed by atoms with Crippen molar-refractivity contribution >= 4 is 21.6 Å². The van der Waals surface area contributed by atoms with Crippen LogP contribution < -0.4 is 4.72 Å². The molecule has 0 radical (unpaired) electrons. The van der Waals surface area contributed by atoms with Crippen LogP contribution in [0.5, 0.6) is 0 Å². The van der Waals surface area contributed by atoms with E-state index >= 15 is 0 Å². The van der Waals surface area contributed by atoms with E-state index in [1.54, 1.807) is 0 Å². The van der Waals surface area contributed by atoms with E-state index in [2.05, 4.69) is 4.72 Å². The summed E-state index contributed by atoms with van der Waals surface area (Å²) in [5.74, 6) is 0.411. The SMILES string of the molecule is N#Cc1ccc(S(=O)(=O)NCCC2CCOC2)c(Cl)c1. The largest absolute Gasteiger partial charge is 0.381 e. The third-order valence-corrected chi connectivity index (χ3v) is 5.16. The number of hydrogen-bond donors (Lipinski definition) is 1. The highest BCUT2D eigenvalue weighted by Crippen LogP contribution is 2.22. The molecule has 0 saturated carbocycles. The smallest absolute Gasteiger partial charge is 0.242 e. The van der Waals surface area contributed by atoms with Crippen molar-refractivity contribution in [3.8, 4) is 6.07 Å². The van der Waals surface area contributed by atoms with Crippen LogP contribution in [0.1, 0.15) is 18.4 Å². The molecule has 0 amide bonds. The number of hydrogen-bond acceptors (Lipinski definition) is 4. The number of benzene rings is 1. The van der Waals surface area contributed by atoms with Gasteiger partial charge in [-0.15, -0.1) is 0 Å². The maximum absolute atomic E-state index is 12.1. The lowest BCUT2D eigenvalue weighted by atomic mass is 10.1. The minimum absolute atomic E-state index is 0.000776. The number of ether oxygens (including phenoxy) is 1. The van der Waals surface area contributed by atoms with E-state index in [0.29, 0.717) is 24.6 Å². The van der Waals surface area contributed by atoms with E-state index in [4.69, 9.17) is 21.6 Å². The van der Waals surface area contributed by atoms with Crippen LogP contribution in [0.2, 0.25) is 5.02 Å². The first-order valence-electron chi connectivity index (χ1n) is 6.30. The molecular weight excluding hydrogens is 300 g/mol. The van der Waals surface area contributed by atoms with Gasteiger partial charge in [0.15, 0.2) is 0 Å². The molecule has 1 N–H and O–H groups in total. The average Bonchev–Trinajstić information content (AvgIpc) is 2.91. The molecule has 1 unspecified atom stereocenters. The summed E-state index contributed by atoms with van der Waals surface area (Å²) in [6.07, 6.45) is 1.71. The number of nitriles is 1. The standard InChI is InChI=1S/C13H15ClN2O3S/c14-12-7-11(8-15)1-2-13(12)20(17,18)16-5-3-10-4-6-19-9-10/h1-2,7,10,16H,3-6,9H2. The second-order valence-corrected chi connectivity index (χ2v) is 6.82. The molecule has 108 valence electrons. The van der Waals surface area contributed by atoms with Crippen molar-refractivity contribution in [2.24, 2.45) is 5.92 Å². The van der Waals surface area contributed by atoms with E-state index in [1.165, 1.54) is 18.2 Å². The van der Waals surface area contributed by atoms with Gasteiger partial charge < -0.3 is 4.74 Å². The second kappa shape index (κ2) is 6.55. The average molecular weight is 315 g/mol. The van der Waals surface area contributed by atoms with Crippen LogP contribution in [0.4, 0.5) is 0 Å². The molecule has 1 aliphatic rings. The predicted molar refractivity (Wildman–Crippen MR) is 74.9 cm³/mol. The van der Waals surface area contributed by atoms with E-state index < -0.39 is 10.0 Å². The minimum atomic E-state index is -3.64. The summed E-state index contributed by atoms with van der Waals surface area (Å²) in [7, 11) is -3.64. The molecule has 1 fully saturated rings. The summed E-state index contributed by atoms with van der Waals surface area (Å²) in [4.78, 5) is 0.000776. The van der Waals surface area contributed by atoms with Crippen LogP contribution in [0.25, 0.3) is 0 Å². The molecule has 0 spiro atoms. The molecule has 0 bridgehead atoms. The van der Waals surface area contributed by atoms with Gasteiger partial charge in [-0.2, -0.15) is 5.26 Å². The van der Waals surface area contributed by atoms with E-state index in [0.717, 1.165) is 19.4 Å². The molecule has 1 aliphatic heterocycles. The van der Waals surface area contributed by atoms with E-state index in [-0.39, 0.29) is 9.92 Å². The van der Waals surface area contributed by atoms with Gasteiger partial charge in [0.05, 0.1) is 16.7 Å². The summed E-state index contributed by atoms with van der Waals surface area (Å²) in [5, 5.41) is 8.79. The predicted octanol–water partition coefficient (Wildman–Crippen LogP) is 1.92. The highest BCUT2D eigenvalue weighted by molar-refractivity contribution is 7.89. The molecular formula is C13H15ClN2O3S. The zero-order chi connectivity index (χ0) is 14.6. The van der Waals surface area contributed by atoms with Crippen molar-refractivity contribution in [3.63, 3.8) is 0 Å². The van der Waals surface area contributed by atoms with Gasteiger partial charge in [0.25, 0.3) is 0 Å². The molecule has 20 heavy (non-hydrogen) atoms. The number of sulfonamides is 1. The normalized spacial score (nSPS) is 18.9. The Morgan fingerprint density at radius 1 is 1.50 bits per heavy atom. The fraction of sp³-hybridized carbons (Fsp3) is 0.462.